The lowest BCUT2D eigenvalue weighted by atomic mass is 10.4. The number of aromatic amines is 5. The van der Waals surface area contributed by atoms with Gasteiger partial charge in [-0.3, -0.25) is 23.8 Å². The Kier molecular flexibility index (Phi) is 108. The molecule has 0 saturated heterocycles. The van der Waals surface area contributed by atoms with Crippen molar-refractivity contribution in [3.63, 3.8) is 0 Å². The maximum Gasteiger partial charge on any atom is 0.103 e. The van der Waals surface area contributed by atoms with Gasteiger partial charge in [0, 0.05) is 131 Å². The molecule has 5 N–H and O–H groups in total. The van der Waals surface area contributed by atoms with Crippen LogP contribution >= 0.6 is 11.5 Å². The fraction of sp³-hybridized carbons (Fsp3) is 0.576. The normalized spacial score (nSPS) is 8.05. The number of imidazole rings is 6. The zero-order chi connectivity index (χ0) is 88.2. The lowest BCUT2D eigenvalue weighted by molar-refractivity contribution is 0.756. The summed E-state index contributed by atoms with van der Waals surface area (Å²) < 4.78 is 15.1. The van der Waals surface area contributed by atoms with E-state index in [1.165, 1.54) is 21.7 Å². The van der Waals surface area contributed by atoms with E-state index in [-0.39, 0.29) is 0 Å². The second-order valence-corrected chi connectivity index (χ2v) is 21.3. The lowest BCUT2D eigenvalue weighted by Crippen LogP contribution is -1.86. The summed E-state index contributed by atoms with van der Waals surface area (Å²) in [6.45, 7) is 85.7. The number of rotatable bonds is 0. The van der Waals surface area contributed by atoms with Crippen LogP contribution in [0.15, 0.2) is 105 Å². The summed E-state index contributed by atoms with van der Waals surface area (Å²) in [5.41, 5.74) is 15.6. The third-order valence-electron chi connectivity index (χ3n) is 10.3. The Labute approximate surface area is 673 Å². The second kappa shape index (κ2) is 93.1. The van der Waals surface area contributed by atoms with Crippen molar-refractivity contribution in [2.75, 3.05) is 0 Å². The molecule has 0 amide bonds. The molecular weight excluding hydrogens is 1380 g/mol. The molecule has 0 aliphatic carbocycles. The highest BCUT2D eigenvalue weighted by atomic mass is 32.1. The van der Waals surface area contributed by atoms with E-state index in [2.05, 4.69) is 97.8 Å². The van der Waals surface area contributed by atoms with E-state index < -0.39 is 0 Å². The van der Waals surface area contributed by atoms with Crippen LogP contribution in [0.2, 0.25) is 0 Å². The van der Waals surface area contributed by atoms with E-state index in [4.69, 9.17) is 0 Å². The van der Waals surface area contributed by atoms with E-state index in [0.29, 0.717) is 0 Å². The highest BCUT2D eigenvalue weighted by Gasteiger charge is 1.95. The molecule has 12 aromatic rings. The standard InChI is InChI=1S/C6H10N2.10C5H8N2.C5H7NS.12C2H6/c1-4-5(2)8-6(3)7-4;2*1-5-3-7(2)4-6-5;2*1-5-3-6-7(2)4-5;2*1-5-3-4-7(2)6-5;3*1-4-3-6-5(2)7-4;2*1-4-3-5(2)7-6-4;12*1-2/h1-3H3,(H,7,8);6*3-4H,1-2H3;4*3H,1-2H3,(H,6,7);3H,1-2H3;12*1-2H3. The molecule has 12 aromatic heterocycles. The minimum Gasteiger partial charge on any atom is -0.346 e. The average Bonchev–Trinajstić information content (AvgIpc) is 1.77. The summed E-state index contributed by atoms with van der Waals surface area (Å²) in [5, 5.41) is 22.6. The molecule has 0 spiro atoms. The molecule has 630 valence electrons. The van der Waals surface area contributed by atoms with Crippen molar-refractivity contribution in [3.05, 3.63) is 213 Å². The average molecular weight is 1550 g/mol. The van der Waals surface area contributed by atoms with Crippen molar-refractivity contribution >= 4 is 11.5 Å². The van der Waals surface area contributed by atoms with E-state index >= 15 is 0 Å². The Balaban J connectivity index is -0.0000000918. The molecular formula is C85H169N23S. The third kappa shape index (κ3) is 89.5. The highest BCUT2D eigenvalue weighted by molar-refractivity contribution is 7.05. The molecule has 0 fully saturated rings. The van der Waals surface area contributed by atoms with Crippen LogP contribution in [0.4, 0.5) is 0 Å². The topological polar surface area (TPSA) is 263 Å². The van der Waals surface area contributed by atoms with Crippen LogP contribution < -0.4 is 0 Å². The first kappa shape index (κ1) is 127. The molecule has 12 heterocycles. The van der Waals surface area contributed by atoms with Gasteiger partial charge in [-0.1, -0.05) is 166 Å². The van der Waals surface area contributed by atoms with Gasteiger partial charge in [0.05, 0.1) is 64.9 Å². The predicted molar refractivity (Wildman–Crippen MR) is 480 cm³/mol. The third-order valence-corrected chi connectivity index (χ3v) is 11.1. The quantitative estimate of drug-likeness (QED) is 0.0949. The Morgan fingerprint density at radius 2 is 0.633 bits per heavy atom. The zero-order valence-corrected chi connectivity index (χ0v) is 80.1. The van der Waals surface area contributed by atoms with Crippen molar-refractivity contribution < 1.29 is 0 Å². The van der Waals surface area contributed by atoms with Crippen LogP contribution in [-0.4, -0.2) is 113 Å². The van der Waals surface area contributed by atoms with Crippen LogP contribution in [0.3, 0.4) is 0 Å². The highest BCUT2D eigenvalue weighted by Crippen LogP contribution is 2.05. The smallest absolute Gasteiger partial charge is 0.103 e. The summed E-state index contributed by atoms with van der Waals surface area (Å²) in [4.78, 5) is 37.5. The van der Waals surface area contributed by atoms with E-state index in [1.54, 1.807) is 42.9 Å². The van der Waals surface area contributed by atoms with Gasteiger partial charge in [0.1, 0.15) is 23.3 Å². The fourth-order valence-corrected chi connectivity index (χ4v) is 7.20. The number of nitrogens with zero attached hydrogens (tertiary/aromatic N) is 18. The molecule has 0 aliphatic heterocycles. The first-order valence-electron chi connectivity index (χ1n) is 39.4. The van der Waals surface area contributed by atoms with E-state index in [9.17, 15) is 0 Å². The van der Waals surface area contributed by atoms with Gasteiger partial charge in [-0.15, -0.1) is 0 Å². The molecule has 0 radical (unpaired) electrons. The van der Waals surface area contributed by atoms with Crippen LogP contribution in [0.1, 0.15) is 274 Å². The van der Waals surface area contributed by atoms with Crippen molar-refractivity contribution in [1.82, 2.24) is 113 Å². The first-order valence-corrected chi connectivity index (χ1v) is 40.2. The Morgan fingerprint density at radius 3 is 0.697 bits per heavy atom. The molecule has 0 atom stereocenters. The lowest BCUT2D eigenvalue weighted by Gasteiger charge is -1.79. The number of aromatic nitrogens is 23. The number of hydrogen-bond acceptors (Lipinski definition) is 13. The number of aryl methyl sites for hydroxylation is 25. The molecule has 0 saturated carbocycles. The van der Waals surface area contributed by atoms with E-state index in [1.807, 2.05) is 429 Å². The Hall–Kier alpha value is -9.06. The summed E-state index contributed by atoms with van der Waals surface area (Å²) in [5.74, 6) is 3.95. The van der Waals surface area contributed by atoms with Gasteiger partial charge in [-0.2, -0.15) is 29.9 Å². The monoisotopic (exact) mass is 1540 g/mol. The zero-order valence-electron chi connectivity index (χ0n) is 79.3. The molecule has 109 heavy (non-hydrogen) atoms. The van der Waals surface area contributed by atoms with Gasteiger partial charge >= 0.3 is 0 Å². The maximum absolute atomic E-state index is 4.16. The minimum atomic E-state index is 0.984. The van der Waals surface area contributed by atoms with Gasteiger partial charge in [0.2, 0.25) is 0 Å². The van der Waals surface area contributed by atoms with Gasteiger partial charge in [-0.25, -0.2) is 29.9 Å². The van der Waals surface area contributed by atoms with Crippen LogP contribution in [0.5, 0.6) is 0 Å². The molecule has 0 unspecified atom stereocenters. The van der Waals surface area contributed by atoms with Crippen molar-refractivity contribution in [3.8, 4) is 0 Å². The number of nitrogens with one attached hydrogen (secondary N) is 5. The molecule has 0 aliphatic rings. The largest absolute Gasteiger partial charge is 0.346 e. The molecule has 0 aromatic carbocycles. The van der Waals surface area contributed by atoms with Crippen LogP contribution in [-0.2, 0) is 42.3 Å². The summed E-state index contributed by atoms with van der Waals surface area (Å²) in [7, 11) is 11.6. The SMILES string of the molecule is CC.CC.CC.CC.CC.CC.CC.CC.CC.CC.CC.CC.Cc1cc(C)[nH]n1.Cc1cc(C)sn1.Cc1ccn(C)n1.Cc1ccn(C)n1.Cc1cn(C)cn1.Cc1cn(C)cn1.Cc1cnc(C)[nH]1.Cc1cnc(C)[nH]1.Cc1cnc(C)[nH]1.Cc1cnn(C)c1.Cc1cnn(C)c1.Cc1nc(C)c(C)[nH]1. The molecule has 0 bridgehead atoms. The second-order valence-electron chi connectivity index (χ2n) is 20.3. The summed E-state index contributed by atoms with van der Waals surface area (Å²) >= 11 is 1.55. The molecule has 12 rings (SSSR count). The van der Waals surface area contributed by atoms with E-state index in [0.717, 1.165) is 85.9 Å². The summed E-state index contributed by atoms with van der Waals surface area (Å²) in [6.07, 6.45) is 24.4. The molecule has 23 nitrogen and oxygen atoms in total. The van der Waals surface area contributed by atoms with Crippen LogP contribution in [0.25, 0.3) is 0 Å². The number of H-pyrrole nitrogens is 5. The first-order chi connectivity index (χ1) is 51.9. The summed E-state index contributed by atoms with van der Waals surface area (Å²) in [6, 6.07) is 8.02. The predicted octanol–water partition coefficient (Wildman–Crippen LogP) is 23.9. The van der Waals surface area contributed by atoms with Crippen molar-refractivity contribution in [2.24, 2.45) is 42.3 Å². The van der Waals surface area contributed by atoms with Gasteiger partial charge < -0.3 is 29.1 Å². The Bertz CT molecular complexity index is 2650. The van der Waals surface area contributed by atoms with Crippen molar-refractivity contribution in [2.45, 2.75) is 298 Å². The van der Waals surface area contributed by atoms with Gasteiger partial charge in [0.25, 0.3) is 0 Å². The van der Waals surface area contributed by atoms with Crippen molar-refractivity contribution in [1.29, 1.82) is 0 Å². The minimum absolute atomic E-state index is 0.984. The van der Waals surface area contributed by atoms with Gasteiger partial charge in [0.15, 0.2) is 0 Å². The van der Waals surface area contributed by atoms with Crippen LogP contribution in [0, 0.1) is 132 Å². The maximum atomic E-state index is 4.16. The van der Waals surface area contributed by atoms with Gasteiger partial charge in [-0.05, 0) is 178 Å². The molecule has 24 heteroatoms. The number of hydrogen-bond donors (Lipinski definition) is 5. The Morgan fingerprint density at radius 1 is 0.312 bits per heavy atom. The fourth-order valence-electron chi connectivity index (χ4n) is 6.64.